The van der Waals surface area contributed by atoms with Gasteiger partial charge in [0.25, 0.3) is 0 Å². The Kier molecular flexibility index (Phi) is 8.30. The molecule has 1 aromatic rings. The lowest BCUT2D eigenvalue weighted by atomic mass is 10.2. The number of aliphatic hydroxyl groups is 1. The summed E-state index contributed by atoms with van der Waals surface area (Å²) in [6.45, 7) is 0.504. The third kappa shape index (κ3) is 6.93. The summed E-state index contributed by atoms with van der Waals surface area (Å²) in [5, 5.41) is 24.8. The quantitative estimate of drug-likeness (QED) is 0.630. The van der Waals surface area contributed by atoms with Gasteiger partial charge in [-0.25, -0.2) is 4.79 Å². The van der Waals surface area contributed by atoms with E-state index in [1.807, 2.05) is 12.1 Å². The number of benzene rings is 1. The fourth-order valence-electron chi connectivity index (χ4n) is 1.09. The van der Waals surface area contributed by atoms with Crippen molar-refractivity contribution in [3.63, 3.8) is 0 Å². The molecule has 1 aromatic carbocycles. The first-order valence-corrected chi connectivity index (χ1v) is 5.84. The molecule has 1 atom stereocenters. The Morgan fingerprint density at radius 2 is 2.00 bits per heavy atom. The summed E-state index contributed by atoms with van der Waals surface area (Å²) in [4.78, 5) is 19.4. The fourth-order valence-corrected chi connectivity index (χ4v) is 1.37. The van der Waals surface area contributed by atoms with Crippen LogP contribution < -0.4 is 10.5 Å². The average Bonchev–Trinajstić information content (AvgIpc) is 2.38. The summed E-state index contributed by atoms with van der Waals surface area (Å²) >= 11 is 5.83. The van der Waals surface area contributed by atoms with Crippen molar-refractivity contribution in [1.82, 2.24) is 0 Å². The van der Waals surface area contributed by atoms with E-state index < -0.39 is 24.5 Å². The number of aliphatic carboxylic acids is 2. The number of carboxylic acid groups (broad SMARTS) is 2. The summed E-state index contributed by atoms with van der Waals surface area (Å²) < 4.78 is 4.97. The minimum atomic E-state index is -1.79. The molecular weight excluding hydrogens is 290 g/mol. The van der Waals surface area contributed by atoms with Crippen molar-refractivity contribution in [1.29, 1.82) is 0 Å². The maximum absolute atomic E-state index is 9.72. The van der Waals surface area contributed by atoms with Crippen molar-refractivity contribution < 1.29 is 29.6 Å². The first kappa shape index (κ1) is 18.2. The van der Waals surface area contributed by atoms with Crippen LogP contribution in [0.3, 0.4) is 0 Å². The van der Waals surface area contributed by atoms with E-state index in [0.29, 0.717) is 17.3 Å². The maximum Gasteiger partial charge on any atom is 0.333 e. The highest BCUT2D eigenvalue weighted by atomic mass is 35.5. The molecular formula is C12H16ClNO6. The Hall–Kier alpha value is -1.83. The highest BCUT2D eigenvalue weighted by molar-refractivity contribution is 6.32. The number of aliphatic hydroxyl groups excluding tert-OH is 1. The third-order valence-corrected chi connectivity index (χ3v) is 2.40. The minimum absolute atomic E-state index is 0.504. The molecule has 1 unspecified atom stereocenters. The van der Waals surface area contributed by atoms with Gasteiger partial charge in [-0.3, -0.25) is 4.79 Å². The molecule has 1 rings (SSSR count). The summed E-state index contributed by atoms with van der Waals surface area (Å²) in [5.74, 6) is -2.16. The molecule has 0 bridgehead atoms. The van der Waals surface area contributed by atoms with Crippen LogP contribution in [-0.2, 0) is 16.1 Å². The number of hydrogen-bond acceptors (Lipinski definition) is 5. The maximum atomic E-state index is 9.72. The molecule has 0 fully saturated rings. The molecule has 0 aliphatic heterocycles. The summed E-state index contributed by atoms with van der Waals surface area (Å²) in [5.41, 5.74) is 6.42. The summed E-state index contributed by atoms with van der Waals surface area (Å²) in [6, 6.07) is 5.51. The predicted octanol–water partition coefficient (Wildman–Crippen LogP) is 0.714. The van der Waals surface area contributed by atoms with Crippen LogP contribution in [0.2, 0.25) is 5.02 Å². The van der Waals surface area contributed by atoms with Crippen LogP contribution >= 0.6 is 11.6 Å². The van der Waals surface area contributed by atoms with E-state index in [1.165, 1.54) is 0 Å². The van der Waals surface area contributed by atoms with Gasteiger partial charge < -0.3 is 25.8 Å². The number of carboxylic acids is 2. The van der Waals surface area contributed by atoms with E-state index in [9.17, 15) is 9.59 Å². The smallest absolute Gasteiger partial charge is 0.333 e. The van der Waals surface area contributed by atoms with Crippen LogP contribution in [0.15, 0.2) is 18.2 Å². The highest BCUT2D eigenvalue weighted by Crippen LogP contribution is 2.24. The predicted molar refractivity (Wildman–Crippen MR) is 71.8 cm³/mol. The fraction of sp³-hybridized carbons (Fsp3) is 0.333. The van der Waals surface area contributed by atoms with Gasteiger partial charge >= 0.3 is 11.9 Å². The van der Waals surface area contributed by atoms with E-state index in [2.05, 4.69) is 0 Å². The molecule has 20 heavy (non-hydrogen) atoms. The Labute approximate surface area is 120 Å². The largest absolute Gasteiger partial charge is 0.495 e. The molecule has 0 aliphatic carbocycles. The van der Waals surface area contributed by atoms with Gasteiger partial charge in [-0.1, -0.05) is 17.7 Å². The number of hydrogen-bond donors (Lipinski definition) is 4. The lowest BCUT2D eigenvalue weighted by Crippen LogP contribution is -2.22. The first-order valence-electron chi connectivity index (χ1n) is 5.47. The van der Waals surface area contributed by atoms with E-state index in [-0.39, 0.29) is 0 Å². The Bertz CT molecular complexity index is 465. The van der Waals surface area contributed by atoms with Crippen molar-refractivity contribution >= 4 is 23.5 Å². The number of rotatable bonds is 5. The van der Waals surface area contributed by atoms with Gasteiger partial charge in [-0.15, -0.1) is 0 Å². The van der Waals surface area contributed by atoms with Crippen molar-refractivity contribution in [2.45, 2.75) is 19.1 Å². The number of ether oxygens (including phenoxy) is 1. The zero-order valence-corrected chi connectivity index (χ0v) is 11.5. The van der Waals surface area contributed by atoms with E-state index in [1.54, 1.807) is 13.2 Å². The lowest BCUT2D eigenvalue weighted by Gasteiger charge is -2.03. The van der Waals surface area contributed by atoms with Gasteiger partial charge in [-0.2, -0.15) is 0 Å². The monoisotopic (exact) mass is 305 g/mol. The second kappa shape index (κ2) is 9.13. The molecule has 0 radical (unpaired) electrons. The second-order valence-corrected chi connectivity index (χ2v) is 4.03. The standard InChI is InChI=1S/C8H10ClNO.C4H6O5/c1-11-8-3-2-6(5-10)4-7(8)9;5-2(4(8)9)1-3(6)7/h2-4H,5,10H2,1H3;2,5H,1H2,(H,6,7)(H,8,9). The van der Waals surface area contributed by atoms with Crippen LogP contribution in [0, 0.1) is 0 Å². The van der Waals surface area contributed by atoms with E-state index in [4.69, 9.17) is 37.4 Å². The normalized spacial score (nSPS) is 11.0. The number of methoxy groups -OCH3 is 1. The van der Waals surface area contributed by atoms with Gasteiger partial charge in [0.2, 0.25) is 0 Å². The van der Waals surface area contributed by atoms with Gasteiger partial charge in [-0.05, 0) is 17.7 Å². The summed E-state index contributed by atoms with van der Waals surface area (Å²) in [7, 11) is 1.59. The van der Waals surface area contributed by atoms with Gasteiger partial charge in [0.05, 0.1) is 18.6 Å². The molecule has 7 nitrogen and oxygen atoms in total. The molecule has 0 amide bonds. The van der Waals surface area contributed by atoms with Crippen LogP contribution in [0.5, 0.6) is 5.75 Å². The Balaban J connectivity index is 0.000000370. The minimum Gasteiger partial charge on any atom is -0.495 e. The van der Waals surface area contributed by atoms with Gasteiger partial charge in [0, 0.05) is 6.54 Å². The topological polar surface area (TPSA) is 130 Å². The van der Waals surface area contributed by atoms with E-state index >= 15 is 0 Å². The van der Waals surface area contributed by atoms with Gasteiger partial charge in [0.15, 0.2) is 6.10 Å². The third-order valence-electron chi connectivity index (χ3n) is 2.10. The number of halogens is 1. The van der Waals surface area contributed by atoms with Crippen LogP contribution in [0.25, 0.3) is 0 Å². The molecule has 0 aromatic heterocycles. The molecule has 112 valence electrons. The van der Waals surface area contributed by atoms with Crippen molar-refractivity contribution in [3.8, 4) is 5.75 Å². The average molecular weight is 306 g/mol. The van der Waals surface area contributed by atoms with Crippen molar-refractivity contribution in [3.05, 3.63) is 28.8 Å². The second-order valence-electron chi connectivity index (χ2n) is 3.62. The SMILES string of the molecule is COc1ccc(CN)cc1Cl.O=C(O)CC(O)C(=O)O. The first-order chi connectivity index (χ1) is 9.31. The molecule has 0 heterocycles. The van der Waals surface area contributed by atoms with Crippen LogP contribution in [-0.4, -0.2) is 40.5 Å². The number of nitrogens with two attached hydrogens (primary N) is 1. The molecule has 0 aliphatic rings. The molecule has 0 saturated carbocycles. The van der Waals surface area contributed by atoms with Crippen LogP contribution in [0.4, 0.5) is 0 Å². The molecule has 8 heteroatoms. The zero-order valence-electron chi connectivity index (χ0n) is 10.7. The molecule has 0 saturated heterocycles. The van der Waals surface area contributed by atoms with Crippen molar-refractivity contribution in [2.24, 2.45) is 5.73 Å². The van der Waals surface area contributed by atoms with Crippen LogP contribution in [0.1, 0.15) is 12.0 Å². The number of carbonyl (C=O) groups is 2. The zero-order chi connectivity index (χ0) is 15.7. The lowest BCUT2D eigenvalue weighted by molar-refractivity contribution is -0.152. The molecule has 0 spiro atoms. The summed E-state index contributed by atoms with van der Waals surface area (Å²) in [6.07, 6.45) is -2.54. The van der Waals surface area contributed by atoms with Crippen molar-refractivity contribution in [2.75, 3.05) is 7.11 Å². The Morgan fingerprint density at radius 3 is 2.30 bits per heavy atom. The van der Waals surface area contributed by atoms with Gasteiger partial charge in [0.1, 0.15) is 5.75 Å². The molecule has 5 N–H and O–H groups in total. The Morgan fingerprint density at radius 1 is 1.40 bits per heavy atom. The highest BCUT2D eigenvalue weighted by Gasteiger charge is 2.16. The van der Waals surface area contributed by atoms with E-state index in [0.717, 1.165) is 5.56 Å².